The third-order valence-corrected chi connectivity index (χ3v) is 3.48. The van der Waals surface area contributed by atoms with Gasteiger partial charge in [0.15, 0.2) is 0 Å². The molecule has 0 aliphatic carbocycles. The summed E-state index contributed by atoms with van der Waals surface area (Å²) in [5.74, 6) is -0.385. The number of thioether (sulfide) groups is 1. The van der Waals surface area contributed by atoms with Crippen LogP contribution in [0.3, 0.4) is 0 Å². The summed E-state index contributed by atoms with van der Waals surface area (Å²) in [5, 5.41) is 9.79. The standard InChI is InChI=1S/C13H12N2O2S/c14-11-6-3-7-15-12(11)18-8-9-4-1-2-5-10(9)13(16)17/h1-7H,8,14H2,(H,16,17). The van der Waals surface area contributed by atoms with E-state index < -0.39 is 5.97 Å². The third-order valence-electron chi connectivity index (χ3n) is 2.41. The summed E-state index contributed by atoms with van der Waals surface area (Å²) < 4.78 is 0. The van der Waals surface area contributed by atoms with Crippen LogP contribution in [0.2, 0.25) is 0 Å². The topological polar surface area (TPSA) is 76.2 Å². The van der Waals surface area contributed by atoms with E-state index in [-0.39, 0.29) is 0 Å². The highest BCUT2D eigenvalue weighted by atomic mass is 32.2. The lowest BCUT2D eigenvalue weighted by Gasteiger charge is -2.06. The molecule has 3 N–H and O–H groups in total. The number of rotatable bonds is 4. The highest BCUT2D eigenvalue weighted by molar-refractivity contribution is 7.98. The molecule has 0 aliphatic rings. The summed E-state index contributed by atoms with van der Waals surface area (Å²) in [5.41, 5.74) is 7.47. The summed E-state index contributed by atoms with van der Waals surface area (Å²) in [4.78, 5) is 15.2. The number of carbonyl (C=O) groups is 1. The van der Waals surface area contributed by atoms with Gasteiger partial charge in [-0.15, -0.1) is 0 Å². The zero-order valence-electron chi connectivity index (χ0n) is 9.54. The third kappa shape index (κ3) is 2.81. The molecule has 0 atom stereocenters. The number of aromatic nitrogens is 1. The molecule has 18 heavy (non-hydrogen) atoms. The lowest BCUT2D eigenvalue weighted by Crippen LogP contribution is -2.01. The molecular weight excluding hydrogens is 248 g/mol. The number of carboxylic acid groups (broad SMARTS) is 1. The van der Waals surface area contributed by atoms with Crippen LogP contribution in [0.15, 0.2) is 47.6 Å². The van der Waals surface area contributed by atoms with Crippen molar-refractivity contribution in [3.05, 3.63) is 53.7 Å². The second kappa shape index (κ2) is 5.55. The van der Waals surface area contributed by atoms with Crippen molar-refractivity contribution in [2.75, 3.05) is 5.73 Å². The highest BCUT2D eigenvalue weighted by Crippen LogP contribution is 2.26. The van der Waals surface area contributed by atoms with Crippen molar-refractivity contribution in [1.29, 1.82) is 0 Å². The van der Waals surface area contributed by atoms with E-state index in [0.29, 0.717) is 17.0 Å². The fourth-order valence-corrected chi connectivity index (χ4v) is 2.44. The Morgan fingerprint density at radius 1 is 1.28 bits per heavy atom. The van der Waals surface area contributed by atoms with Gasteiger partial charge in [-0.2, -0.15) is 0 Å². The number of aromatic carboxylic acids is 1. The first-order valence-corrected chi connectivity index (χ1v) is 6.31. The summed E-state index contributed by atoms with van der Waals surface area (Å²) in [6, 6.07) is 10.5. The molecule has 1 aromatic carbocycles. The number of pyridine rings is 1. The summed E-state index contributed by atoms with van der Waals surface area (Å²) in [7, 11) is 0. The van der Waals surface area contributed by atoms with Crippen molar-refractivity contribution in [2.45, 2.75) is 10.8 Å². The Hall–Kier alpha value is -2.01. The zero-order chi connectivity index (χ0) is 13.0. The Balaban J connectivity index is 2.16. The Morgan fingerprint density at radius 2 is 2.06 bits per heavy atom. The molecule has 0 saturated carbocycles. The van der Waals surface area contributed by atoms with E-state index in [1.807, 2.05) is 6.07 Å². The lowest BCUT2D eigenvalue weighted by molar-refractivity contribution is 0.0696. The van der Waals surface area contributed by atoms with E-state index in [1.165, 1.54) is 11.8 Å². The highest BCUT2D eigenvalue weighted by Gasteiger charge is 2.10. The minimum atomic E-state index is -0.916. The molecule has 1 heterocycles. The summed E-state index contributed by atoms with van der Waals surface area (Å²) >= 11 is 1.43. The van der Waals surface area contributed by atoms with E-state index in [2.05, 4.69) is 4.98 Å². The predicted octanol–water partition coefficient (Wildman–Crippen LogP) is 2.65. The molecule has 92 valence electrons. The average molecular weight is 260 g/mol. The molecule has 0 amide bonds. The maximum Gasteiger partial charge on any atom is 0.335 e. The van der Waals surface area contributed by atoms with Gasteiger partial charge < -0.3 is 10.8 Å². The van der Waals surface area contributed by atoms with E-state index in [1.54, 1.807) is 36.5 Å². The Bertz CT molecular complexity index is 572. The van der Waals surface area contributed by atoms with Crippen LogP contribution in [0.25, 0.3) is 0 Å². The fraction of sp³-hybridized carbons (Fsp3) is 0.0769. The maximum atomic E-state index is 11.1. The van der Waals surface area contributed by atoms with Gasteiger partial charge in [-0.3, -0.25) is 0 Å². The molecule has 2 rings (SSSR count). The molecule has 0 unspecified atom stereocenters. The van der Waals surface area contributed by atoms with Crippen molar-refractivity contribution < 1.29 is 9.90 Å². The SMILES string of the molecule is Nc1cccnc1SCc1ccccc1C(=O)O. The first-order chi connectivity index (χ1) is 8.68. The minimum Gasteiger partial charge on any atom is -0.478 e. The van der Waals surface area contributed by atoms with Crippen LogP contribution in [0, 0.1) is 0 Å². The Kier molecular flexibility index (Phi) is 3.84. The van der Waals surface area contributed by atoms with Gasteiger partial charge >= 0.3 is 5.97 Å². The van der Waals surface area contributed by atoms with E-state index in [4.69, 9.17) is 10.8 Å². The Morgan fingerprint density at radius 3 is 2.78 bits per heavy atom. The predicted molar refractivity (Wildman–Crippen MR) is 71.6 cm³/mol. The lowest BCUT2D eigenvalue weighted by atomic mass is 10.1. The second-order valence-corrected chi connectivity index (χ2v) is 4.61. The Labute approximate surface area is 109 Å². The molecule has 0 spiro atoms. The number of carboxylic acids is 1. The second-order valence-electron chi connectivity index (χ2n) is 3.65. The molecule has 0 aliphatic heterocycles. The number of nitrogens with two attached hydrogens (primary N) is 1. The largest absolute Gasteiger partial charge is 0.478 e. The molecule has 0 saturated heterocycles. The molecular formula is C13H12N2O2S. The van der Waals surface area contributed by atoms with Crippen molar-refractivity contribution in [2.24, 2.45) is 0 Å². The van der Waals surface area contributed by atoms with Gasteiger partial charge in [0.05, 0.1) is 11.3 Å². The smallest absolute Gasteiger partial charge is 0.335 e. The van der Waals surface area contributed by atoms with Crippen molar-refractivity contribution in [3.63, 3.8) is 0 Å². The van der Waals surface area contributed by atoms with Crippen molar-refractivity contribution in [3.8, 4) is 0 Å². The maximum absolute atomic E-state index is 11.1. The van der Waals surface area contributed by atoms with Crippen molar-refractivity contribution >= 4 is 23.4 Å². The van der Waals surface area contributed by atoms with Gasteiger partial charge in [-0.1, -0.05) is 30.0 Å². The monoisotopic (exact) mass is 260 g/mol. The molecule has 1 aromatic heterocycles. The zero-order valence-corrected chi connectivity index (χ0v) is 10.4. The van der Waals surface area contributed by atoms with Crippen LogP contribution in [0.1, 0.15) is 15.9 Å². The van der Waals surface area contributed by atoms with E-state index in [9.17, 15) is 4.79 Å². The van der Waals surface area contributed by atoms with Gasteiger partial charge in [-0.05, 0) is 23.8 Å². The summed E-state index contributed by atoms with van der Waals surface area (Å²) in [6.45, 7) is 0. The molecule has 4 nitrogen and oxygen atoms in total. The number of benzene rings is 1. The van der Waals surface area contributed by atoms with Crippen LogP contribution in [0.4, 0.5) is 5.69 Å². The number of hydrogen-bond donors (Lipinski definition) is 2. The molecule has 5 heteroatoms. The van der Waals surface area contributed by atoms with Crippen molar-refractivity contribution in [1.82, 2.24) is 4.98 Å². The number of anilines is 1. The van der Waals surface area contributed by atoms with Crippen LogP contribution in [0.5, 0.6) is 0 Å². The molecule has 0 radical (unpaired) electrons. The average Bonchev–Trinajstić information content (AvgIpc) is 2.38. The molecule has 2 aromatic rings. The first kappa shape index (κ1) is 12.4. The first-order valence-electron chi connectivity index (χ1n) is 5.33. The van der Waals surface area contributed by atoms with Gasteiger partial charge in [0.2, 0.25) is 0 Å². The minimum absolute atomic E-state index is 0.319. The van der Waals surface area contributed by atoms with E-state index >= 15 is 0 Å². The van der Waals surface area contributed by atoms with Crippen LogP contribution < -0.4 is 5.73 Å². The quantitative estimate of drug-likeness (QED) is 0.826. The van der Waals surface area contributed by atoms with Crippen LogP contribution >= 0.6 is 11.8 Å². The van der Waals surface area contributed by atoms with Gasteiger partial charge in [0.1, 0.15) is 5.03 Å². The molecule has 0 fully saturated rings. The number of nitrogen functional groups attached to an aromatic ring is 1. The van der Waals surface area contributed by atoms with Crippen LogP contribution in [-0.2, 0) is 5.75 Å². The number of hydrogen-bond acceptors (Lipinski definition) is 4. The van der Waals surface area contributed by atoms with Crippen LogP contribution in [-0.4, -0.2) is 16.1 Å². The summed E-state index contributed by atoms with van der Waals surface area (Å²) in [6.07, 6.45) is 1.67. The normalized spacial score (nSPS) is 10.2. The molecule has 0 bridgehead atoms. The number of nitrogens with zero attached hydrogens (tertiary/aromatic N) is 1. The van der Waals surface area contributed by atoms with Gasteiger partial charge in [0.25, 0.3) is 0 Å². The van der Waals surface area contributed by atoms with E-state index in [0.717, 1.165) is 10.6 Å². The van der Waals surface area contributed by atoms with Gasteiger partial charge in [0, 0.05) is 11.9 Å². The van der Waals surface area contributed by atoms with Gasteiger partial charge in [-0.25, -0.2) is 9.78 Å². The fourth-order valence-electron chi connectivity index (χ4n) is 1.52.